The number of rotatable bonds is 4. The van der Waals surface area contributed by atoms with Crippen LogP contribution in [0.2, 0.25) is 0 Å². The van der Waals surface area contributed by atoms with Crippen LogP contribution in [0.25, 0.3) is 10.9 Å². The molecule has 0 spiro atoms. The van der Waals surface area contributed by atoms with Gasteiger partial charge in [-0.3, -0.25) is 14.6 Å². The minimum atomic E-state index is -0.125. The number of aromatic nitrogens is 1. The highest BCUT2D eigenvalue weighted by atomic mass is 16.2. The van der Waals surface area contributed by atoms with Gasteiger partial charge in [-0.1, -0.05) is 11.6 Å². The number of piperazine rings is 1. The van der Waals surface area contributed by atoms with Crippen molar-refractivity contribution in [2.24, 2.45) is 0 Å². The number of fused-ring (bicyclic) bond motifs is 1. The van der Waals surface area contributed by atoms with Crippen molar-refractivity contribution >= 4 is 34.1 Å². The summed E-state index contributed by atoms with van der Waals surface area (Å²) in [6.45, 7) is 3.81. The number of benzene rings is 2. The molecule has 2 heterocycles. The summed E-state index contributed by atoms with van der Waals surface area (Å²) in [5.41, 5.74) is 5.36. The highest BCUT2D eigenvalue weighted by Crippen LogP contribution is 2.40. The molecule has 0 radical (unpaired) electrons. The zero-order valence-corrected chi connectivity index (χ0v) is 16.9. The van der Waals surface area contributed by atoms with Gasteiger partial charge in [0.2, 0.25) is 5.91 Å². The number of carbonyl (C=O) groups excluding carboxylic acids is 2. The van der Waals surface area contributed by atoms with Crippen molar-refractivity contribution < 1.29 is 9.59 Å². The maximum absolute atomic E-state index is 13.2. The lowest BCUT2D eigenvalue weighted by atomic mass is 10.0. The Morgan fingerprint density at radius 2 is 1.93 bits per heavy atom. The van der Waals surface area contributed by atoms with Crippen molar-refractivity contribution in [3.63, 3.8) is 0 Å². The first-order valence-electron chi connectivity index (χ1n) is 10.4. The second kappa shape index (κ2) is 7.44. The Bertz CT molecular complexity index is 1140. The van der Waals surface area contributed by atoms with Crippen LogP contribution in [-0.2, 0) is 4.79 Å². The quantitative estimate of drug-likeness (QED) is 0.702. The summed E-state index contributed by atoms with van der Waals surface area (Å²) < 4.78 is 0. The Morgan fingerprint density at radius 1 is 1.13 bits per heavy atom. The lowest BCUT2D eigenvalue weighted by molar-refractivity contribution is -0.120. The van der Waals surface area contributed by atoms with Gasteiger partial charge >= 0.3 is 0 Å². The molecule has 30 heavy (non-hydrogen) atoms. The van der Waals surface area contributed by atoms with Gasteiger partial charge in [-0.05, 0) is 62.2 Å². The van der Waals surface area contributed by atoms with E-state index < -0.39 is 0 Å². The van der Waals surface area contributed by atoms with Gasteiger partial charge in [0.15, 0.2) is 0 Å². The van der Waals surface area contributed by atoms with Gasteiger partial charge in [0.25, 0.3) is 5.91 Å². The van der Waals surface area contributed by atoms with E-state index in [1.807, 2.05) is 60.4 Å². The number of anilines is 2. The summed E-state index contributed by atoms with van der Waals surface area (Å²) >= 11 is 0. The van der Waals surface area contributed by atoms with Crippen LogP contribution >= 0.6 is 0 Å². The first-order chi connectivity index (χ1) is 14.6. The minimum Gasteiger partial charge on any atom is -0.360 e. The zero-order valence-electron chi connectivity index (χ0n) is 16.9. The lowest BCUT2D eigenvalue weighted by Gasteiger charge is -2.28. The average Bonchev–Trinajstić information content (AvgIpc) is 3.59. The van der Waals surface area contributed by atoms with E-state index in [2.05, 4.69) is 10.6 Å². The van der Waals surface area contributed by atoms with Crippen LogP contribution < -0.4 is 15.5 Å². The molecule has 1 saturated carbocycles. The van der Waals surface area contributed by atoms with Gasteiger partial charge in [-0.25, -0.2) is 0 Å². The van der Waals surface area contributed by atoms with Crippen LogP contribution in [0.1, 0.15) is 40.4 Å². The number of pyridine rings is 1. The molecule has 3 aromatic rings. The third-order valence-electron chi connectivity index (χ3n) is 5.75. The van der Waals surface area contributed by atoms with Crippen molar-refractivity contribution in [1.29, 1.82) is 0 Å². The molecule has 0 unspecified atom stereocenters. The fraction of sp³-hybridized carbons (Fsp3) is 0.292. The van der Waals surface area contributed by atoms with Gasteiger partial charge in [-0.2, -0.15) is 0 Å². The Kier molecular flexibility index (Phi) is 4.62. The Labute approximate surface area is 175 Å². The lowest BCUT2D eigenvalue weighted by Crippen LogP contribution is -2.47. The summed E-state index contributed by atoms with van der Waals surface area (Å²) in [6.07, 6.45) is 2.28. The number of hydrogen-bond donors (Lipinski definition) is 2. The van der Waals surface area contributed by atoms with E-state index in [9.17, 15) is 9.59 Å². The monoisotopic (exact) mass is 400 g/mol. The molecule has 1 aromatic heterocycles. The summed E-state index contributed by atoms with van der Waals surface area (Å²) in [4.78, 5) is 31.6. The Morgan fingerprint density at radius 3 is 2.67 bits per heavy atom. The molecule has 2 N–H and O–H groups in total. The smallest absolute Gasteiger partial charge is 0.256 e. The number of amides is 2. The predicted octanol–water partition coefficient (Wildman–Crippen LogP) is 3.61. The van der Waals surface area contributed by atoms with E-state index in [1.165, 1.54) is 0 Å². The molecule has 1 aliphatic heterocycles. The Balaban J connectivity index is 1.40. The minimum absolute atomic E-state index is 0.0324. The fourth-order valence-corrected chi connectivity index (χ4v) is 3.95. The third-order valence-corrected chi connectivity index (χ3v) is 5.75. The first-order valence-corrected chi connectivity index (χ1v) is 10.4. The highest BCUT2D eigenvalue weighted by Gasteiger charge is 2.27. The zero-order chi connectivity index (χ0) is 20.7. The van der Waals surface area contributed by atoms with Crippen LogP contribution in [0.15, 0.2) is 48.5 Å². The topological polar surface area (TPSA) is 74.3 Å². The molecule has 6 heteroatoms. The van der Waals surface area contributed by atoms with Crippen molar-refractivity contribution in [2.45, 2.75) is 25.7 Å². The van der Waals surface area contributed by atoms with E-state index in [4.69, 9.17) is 4.98 Å². The van der Waals surface area contributed by atoms with E-state index in [0.29, 0.717) is 24.6 Å². The summed E-state index contributed by atoms with van der Waals surface area (Å²) in [7, 11) is 0. The highest BCUT2D eigenvalue weighted by molar-refractivity contribution is 6.12. The van der Waals surface area contributed by atoms with E-state index >= 15 is 0 Å². The molecule has 2 amide bonds. The molecule has 2 aromatic carbocycles. The van der Waals surface area contributed by atoms with Crippen molar-refractivity contribution in [3.05, 3.63) is 65.4 Å². The number of nitrogens with zero attached hydrogens (tertiary/aromatic N) is 2. The molecule has 1 aliphatic carbocycles. The van der Waals surface area contributed by atoms with Crippen LogP contribution in [0.5, 0.6) is 0 Å². The second-order valence-electron chi connectivity index (χ2n) is 8.16. The Hall–Kier alpha value is -3.41. The number of aryl methyl sites for hydroxylation is 1. The van der Waals surface area contributed by atoms with Crippen LogP contribution in [0.3, 0.4) is 0 Å². The standard InChI is InChI=1S/C24H24N4O2/c1-15-2-9-21-19(12-15)20(13-22(27-21)16-3-4-16)24(30)26-17-5-7-18(8-6-17)28-11-10-25-23(29)14-28/h2,5-9,12-13,16H,3-4,10-11,14H2,1H3,(H,25,29)(H,26,30). The summed E-state index contributed by atoms with van der Waals surface area (Å²) in [5.74, 6) is 0.383. The molecule has 2 fully saturated rings. The molecular weight excluding hydrogens is 376 g/mol. The molecule has 6 nitrogen and oxygen atoms in total. The molecule has 5 rings (SSSR count). The van der Waals surface area contributed by atoms with Crippen LogP contribution in [-0.4, -0.2) is 36.4 Å². The van der Waals surface area contributed by atoms with E-state index in [1.54, 1.807) is 0 Å². The van der Waals surface area contributed by atoms with Gasteiger partial charge in [0.05, 0.1) is 17.6 Å². The average molecular weight is 400 g/mol. The second-order valence-corrected chi connectivity index (χ2v) is 8.16. The number of nitrogens with one attached hydrogen (secondary N) is 2. The SMILES string of the molecule is Cc1ccc2nc(C3CC3)cc(C(=O)Nc3ccc(N4CCNC(=O)C4)cc3)c2c1. The number of carbonyl (C=O) groups is 2. The van der Waals surface area contributed by atoms with Crippen molar-refractivity contribution in [3.8, 4) is 0 Å². The maximum atomic E-state index is 13.2. The van der Waals surface area contributed by atoms with Crippen molar-refractivity contribution in [1.82, 2.24) is 10.3 Å². The largest absolute Gasteiger partial charge is 0.360 e. The third kappa shape index (κ3) is 3.73. The van der Waals surface area contributed by atoms with Crippen LogP contribution in [0.4, 0.5) is 11.4 Å². The first kappa shape index (κ1) is 18.6. The number of hydrogen-bond acceptors (Lipinski definition) is 4. The van der Waals surface area contributed by atoms with E-state index in [0.717, 1.165) is 52.9 Å². The molecule has 1 saturated heterocycles. The summed E-state index contributed by atoms with van der Waals surface area (Å²) in [5, 5.41) is 6.74. The molecular formula is C24H24N4O2. The van der Waals surface area contributed by atoms with Crippen molar-refractivity contribution in [2.75, 3.05) is 29.9 Å². The normalized spacial score (nSPS) is 16.4. The predicted molar refractivity (Wildman–Crippen MR) is 118 cm³/mol. The fourth-order valence-electron chi connectivity index (χ4n) is 3.95. The van der Waals surface area contributed by atoms with Gasteiger partial charge in [-0.15, -0.1) is 0 Å². The van der Waals surface area contributed by atoms with Gasteiger partial charge in [0.1, 0.15) is 0 Å². The molecule has 2 aliphatic rings. The van der Waals surface area contributed by atoms with Gasteiger partial charge < -0.3 is 15.5 Å². The van der Waals surface area contributed by atoms with E-state index in [-0.39, 0.29) is 11.8 Å². The molecule has 152 valence electrons. The molecule has 0 bridgehead atoms. The summed E-state index contributed by atoms with van der Waals surface area (Å²) in [6, 6.07) is 15.7. The van der Waals surface area contributed by atoms with Crippen LogP contribution in [0, 0.1) is 6.92 Å². The van der Waals surface area contributed by atoms with Gasteiger partial charge in [0, 0.05) is 41.5 Å². The maximum Gasteiger partial charge on any atom is 0.256 e. The molecule has 0 atom stereocenters.